The van der Waals surface area contributed by atoms with Crippen LogP contribution in [0.1, 0.15) is 36.6 Å². The lowest BCUT2D eigenvalue weighted by Crippen LogP contribution is -2.51. The van der Waals surface area contributed by atoms with Crippen molar-refractivity contribution in [3.63, 3.8) is 0 Å². The molecule has 0 spiro atoms. The minimum atomic E-state index is -0.218. The van der Waals surface area contributed by atoms with Gasteiger partial charge in [-0.25, -0.2) is 4.68 Å². The maximum atomic E-state index is 12.4. The summed E-state index contributed by atoms with van der Waals surface area (Å²) in [6.07, 6.45) is 1.98. The van der Waals surface area contributed by atoms with Crippen LogP contribution in [0.25, 0.3) is 0 Å². The summed E-state index contributed by atoms with van der Waals surface area (Å²) in [5.74, 6) is 0.707. The Morgan fingerprint density at radius 2 is 1.83 bits per heavy atom. The molecule has 150 valence electrons. The van der Waals surface area contributed by atoms with Gasteiger partial charge in [0, 0.05) is 26.2 Å². The zero-order valence-corrected chi connectivity index (χ0v) is 16.9. The Balaban J connectivity index is 1.80. The van der Waals surface area contributed by atoms with E-state index in [0.29, 0.717) is 12.4 Å². The Morgan fingerprint density at radius 3 is 2.48 bits per heavy atom. The minimum Gasteiger partial charge on any atom is -0.378 e. The molecule has 7 heteroatoms. The lowest BCUT2D eigenvalue weighted by molar-refractivity contribution is -0.121. The molecule has 2 heterocycles. The zero-order valence-electron chi connectivity index (χ0n) is 16.9. The van der Waals surface area contributed by atoms with Gasteiger partial charge in [-0.15, -0.1) is 0 Å². The maximum Gasteiger partial charge on any atom is 0.222 e. The topological polar surface area (TPSA) is 75.1 Å². The van der Waals surface area contributed by atoms with Crippen LogP contribution in [0.2, 0.25) is 0 Å². The monoisotopic (exact) mass is 390 g/mol. The number of rotatable bonds is 5. The van der Waals surface area contributed by atoms with Crippen LogP contribution in [0.15, 0.2) is 60.9 Å². The van der Waals surface area contributed by atoms with Gasteiger partial charge in [0.05, 0.1) is 12.1 Å². The first-order valence-electron chi connectivity index (χ1n) is 9.86. The molecular weight excluding hydrogens is 364 g/mol. The fourth-order valence-corrected chi connectivity index (χ4v) is 3.84. The zero-order chi connectivity index (χ0) is 20.4. The highest BCUT2D eigenvalue weighted by Crippen LogP contribution is 2.38. The van der Waals surface area contributed by atoms with Gasteiger partial charge < -0.3 is 15.5 Å². The van der Waals surface area contributed by atoms with Gasteiger partial charge in [-0.3, -0.25) is 4.79 Å². The van der Waals surface area contributed by atoms with Gasteiger partial charge >= 0.3 is 0 Å². The summed E-state index contributed by atoms with van der Waals surface area (Å²) in [6, 6.07) is 18.0. The number of fused-ring (bicyclic) bond motifs is 1. The van der Waals surface area contributed by atoms with E-state index >= 15 is 0 Å². The van der Waals surface area contributed by atoms with E-state index < -0.39 is 0 Å². The fraction of sp³-hybridized carbons (Fsp3) is 0.318. The van der Waals surface area contributed by atoms with Crippen LogP contribution in [0.4, 0.5) is 11.6 Å². The van der Waals surface area contributed by atoms with Crippen LogP contribution < -0.4 is 15.5 Å². The van der Waals surface area contributed by atoms with Crippen molar-refractivity contribution in [1.82, 2.24) is 20.1 Å². The molecule has 1 aliphatic rings. The van der Waals surface area contributed by atoms with Crippen LogP contribution in [0, 0.1) is 0 Å². The molecule has 0 aliphatic carbocycles. The van der Waals surface area contributed by atoms with Gasteiger partial charge in [0.15, 0.2) is 0 Å². The molecule has 3 aromatic rings. The van der Waals surface area contributed by atoms with Gasteiger partial charge in [0.1, 0.15) is 12.4 Å². The Labute approximate surface area is 170 Å². The van der Waals surface area contributed by atoms with Gasteiger partial charge in [-0.1, -0.05) is 49.4 Å². The normalized spacial score (nSPS) is 20.4. The van der Waals surface area contributed by atoms with Crippen LogP contribution in [-0.2, 0) is 4.79 Å². The van der Waals surface area contributed by atoms with Gasteiger partial charge in [0.2, 0.25) is 11.9 Å². The number of nitrogens with zero attached hydrogens (tertiary/aromatic N) is 4. The molecule has 4 rings (SSSR count). The standard InChI is InChI=1S/C22H26N6O/c1-4-18(29)25-20-19(15-10-12-17(13-11-15)27(2)3)26-22-23-14-24-28(22)21(20)16-8-6-5-7-9-16/h5-14,19-21H,4H2,1-3H3,(H,25,29)(H,23,24,26)/t19-,20+,21-/m0/s1. The number of carbonyl (C=O) groups is 1. The average molecular weight is 390 g/mol. The lowest BCUT2D eigenvalue weighted by Gasteiger charge is -2.40. The van der Waals surface area contributed by atoms with E-state index in [2.05, 4.69) is 62.0 Å². The molecule has 0 saturated heterocycles. The summed E-state index contributed by atoms with van der Waals surface area (Å²) >= 11 is 0. The smallest absolute Gasteiger partial charge is 0.222 e. The molecule has 0 bridgehead atoms. The summed E-state index contributed by atoms with van der Waals surface area (Å²) < 4.78 is 1.86. The molecule has 1 amide bonds. The van der Waals surface area contributed by atoms with Crippen molar-refractivity contribution >= 4 is 17.5 Å². The molecule has 0 fully saturated rings. The molecule has 1 aromatic heterocycles. The number of carbonyl (C=O) groups excluding carboxylic acids is 1. The number of hydrogen-bond donors (Lipinski definition) is 2. The van der Waals surface area contributed by atoms with Crippen LogP contribution in [-0.4, -0.2) is 40.8 Å². The number of amides is 1. The summed E-state index contributed by atoms with van der Waals surface area (Å²) in [7, 11) is 4.04. The van der Waals surface area contributed by atoms with Gasteiger partial charge in [-0.05, 0) is 23.3 Å². The third-order valence-corrected chi connectivity index (χ3v) is 5.38. The Bertz CT molecular complexity index is 966. The minimum absolute atomic E-state index is 0.0104. The quantitative estimate of drug-likeness (QED) is 0.701. The molecule has 1 aliphatic heterocycles. The van der Waals surface area contributed by atoms with E-state index in [1.54, 1.807) is 6.33 Å². The van der Waals surface area contributed by atoms with Gasteiger partial charge in [-0.2, -0.15) is 10.1 Å². The second kappa shape index (κ2) is 7.95. The summed E-state index contributed by atoms with van der Waals surface area (Å²) in [5, 5.41) is 11.2. The first-order chi connectivity index (χ1) is 14.1. The van der Waals surface area contributed by atoms with Gasteiger partial charge in [0.25, 0.3) is 0 Å². The second-order valence-electron chi connectivity index (χ2n) is 7.44. The summed E-state index contributed by atoms with van der Waals surface area (Å²) in [6.45, 7) is 1.87. The highest BCUT2D eigenvalue weighted by Gasteiger charge is 2.40. The highest BCUT2D eigenvalue weighted by atomic mass is 16.1. The maximum absolute atomic E-state index is 12.4. The molecule has 2 N–H and O–H groups in total. The number of anilines is 2. The highest BCUT2D eigenvalue weighted by molar-refractivity contribution is 5.76. The Hall–Kier alpha value is -3.35. The largest absolute Gasteiger partial charge is 0.378 e. The SMILES string of the molecule is CCC(=O)N[C@@H]1[C@H](c2ccc(N(C)C)cc2)Nc2ncnn2[C@H]1c1ccccc1. The summed E-state index contributed by atoms with van der Waals surface area (Å²) in [5.41, 5.74) is 3.30. The van der Waals surface area contributed by atoms with E-state index in [1.807, 2.05) is 43.9 Å². The molecular formula is C22H26N6O. The molecule has 3 atom stereocenters. The third-order valence-electron chi connectivity index (χ3n) is 5.38. The Kier molecular flexibility index (Phi) is 5.20. The molecule has 29 heavy (non-hydrogen) atoms. The first kappa shape index (κ1) is 19.0. The van der Waals surface area contributed by atoms with Crippen LogP contribution >= 0.6 is 0 Å². The van der Waals surface area contributed by atoms with E-state index in [9.17, 15) is 4.79 Å². The lowest BCUT2D eigenvalue weighted by atomic mass is 9.87. The van der Waals surface area contributed by atoms with Crippen molar-refractivity contribution in [2.45, 2.75) is 31.5 Å². The molecule has 7 nitrogen and oxygen atoms in total. The predicted octanol–water partition coefficient (Wildman–Crippen LogP) is 3.00. The van der Waals surface area contributed by atoms with Crippen molar-refractivity contribution in [1.29, 1.82) is 0 Å². The average Bonchev–Trinajstić information content (AvgIpc) is 3.22. The van der Waals surface area contributed by atoms with E-state index in [4.69, 9.17) is 0 Å². The second-order valence-corrected chi connectivity index (χ2v) is 7.44. The van der Waals surface area contributed by atoms with Crippen molar-refractivity contribution in [3.8, 4) is 0 Å². The van der Waals surface area contributed by atoms with Crippen molar-refractivity contribution < 1.29 is 4.79 Å². The van der Waals surface area contributed by atoms with Crippen molar-refractivity contribution in [3.05, 3.63) is 72.1 Å². The molecule has 0 saturated carbocycles. The first-order valence-corrected chi connectivity index (χ1v) is 9.86. The molecule has 0 radical (unpaired) electrons. The number of hydrogen-bond acceptors (Lipinski definition) is 5. The van der Waals surface area contributed by atoms with Crippen LogP contribution in [0.5, 0.6) is 0 Å². The van der Waals surface area contributed by atoms with E-state index in [1.165, 1.54) is 0 Å². The number of nitrogens with one attached hydrogen (secondary N) is 2. The van der Waals surface area contributed by atoms with Crippen LogP contribution in [0.3, 0.4) is 0 Å². The van der Waals surface area contributed by atoms with Crippen molar-refractivity contribution in [2.75, 3.05) is 24.3 Å². The molecule has 2 aromatic carbocycles. The van der Waals surface area contributed by atoms with Crippen molar-refractivity contribution in [2.24, 2.45) is 0 Å². The number of aromatic nitrogens is 3. The fourth-order valence-electron chi connectivity index (χ4n) is 3.84. The number of benzene rings is 2. The third kappa shape index (κ3) is 3.68. The van der Waals surface area contributed by atoms with E-state index in [0.717, 1.165) is 16.8 Å². The predicted molar refractivity (Wildman–Crippen MR) is 114 cm³/mol. The Morgan fingerprint density at radius 1 is 1.10 bits per heavy atom. The van der Waals surface area contributed by atoms with E-state index in [-0.39, 0.29) is 24.0 Å². The summed E-state index contributed by atoms with van der Waals surface area (Å²) in [4.78, 5) is 18.9. The molecule has 0 unspecified atom stereocenters.